The van der Waals surface area contributed by atoms with Crippen molar-refractivity contribution in [3.8, 4) is 11.8 Å². The van der Waals surface area contributed by atoms with Gasteiger partial charge in [0, 0.05) is 7.05 Å². The van der Waals surface area contributed by atoms with E-state index in [1.807, 2.05) is 0 Å². The maximum atomic E-state index is 13.5. The van der Waals surface area contributed by atoms with E-state index in [1.165, 1.54) is 31.2 Å². The highest BCUT2D eigenvalue weighted by molar-refractivity contribution is 6.23. The van der Waals surface area contributed by atoms with Gasteiger partial charge >= 0.3 is 12.2 Å². The number of likely N-dealkylation sites (N-methyl/N-ethyl adjacent to an activating group) is 1. The molecule has 4 rings (SSSR count). The monoisotopic (exact) mass is 415 g/mol. The first-order chi connectivity index (χ1) is 14.1. The van der Waals surface area contributed by atoms with Crippen molar-refractivity contribution in [3.63, 3.8) is 0 Å². The lowest BCUT2D eigenvalue weighted by atomic mass is 9.90. The molecule has 1 heterocycles. The quantitative estimate of drug-likeness (QED) is 0.699. The minimum atomic E-state index is -4.80. The lowest BCUT2D eigenvalue weighted by molar-refractivity contribution is -0.137. The van der Waals surface area contributed by atoms with Gasteiger partial charge in [0.15, 0.2) is 0 Å². The predicted octanol–water partition coefficient (Wildman–Crippen LogP) is 3.83. The number of aryl methyl sites for hydroxylation is 1. The maximum Gasteiger partial charge on any atom is 0.417 e. The highest BCUT2D eigenvalue weighted by Gasteiger charge is 2.59. The van der Waals surface area contributed by atoms with Gasteiger partial charge in [-0.2, -0.15) is 18.4 Å². The summed E-state index contributed by atoms with van der Waals surface area (Å²) in [5.41, 5.74) is -1.79. The zero-order chi connectivity index (χ0) is 21.8. The van der Waals surface area contributed by atoms with E-state index in [4.69, 9.17) is 10.00 Å². The smallest absolute Gasteiger partial charge is 0.417 e. The van der Waals surface area contributed by atoms with E-state index in [9.17, 15) is 22.8 Å². The van der Waals surface area contributed by atoms with Crippen LogP contribution in [0.15, 0.2) is 36.4 Å². The molecule has 3 amide bonds. The Labute approximate surface area is 170 Å². The highest BCUT2D eigenvalue weighted by Crippen LogP contribution is 2.48. The molecule has 1 aliphatic heterocycles. The summed E-state index contributed by atoms with van der Waals surface area (Å²) in [7, 11) is 2.99. The van der Waals surface area contributed by atoms with E-state index in [-0.39, 0.29) is 5.69 Å². The number of imide groups is 1. The molecule has 2 aromatic rings. The number of amides is 3. The number of fused-ring (bicyclic) bond motifs is 2. The van der Waals surface area contributed by atoms with Gasteiger partial charge in [-0.05, 0) is 54.3 Å². The van der Waals surface area contributed by atoms with Crippen molar-refractivity contribution in [1.82, 2.24) is 4.90 Å². The molecule has 2 aromatic carbocycles. The fourth-order valence-corrected chi connectivity index (χ4v) is 4.29. The molecule has 1 fully saturated rings. The molecule has 1 atom stereocenters. The first kappa shape index (κ1) is 19.8. The Hall–Kier alpha value is -3.54. The van der Waals surface area contributed by atoms with Gasteiger partial charge in [-0.3, -0.25) is 4.79 Å². The number of nitriles is 1. The Morgan fingerprint density at radius 3 is 2.53 bits per heavy atom. The second kappa shape index (κ2) is 6.49. The van der Waals surface area contributed by atoms with E-state index in [0.29, 0.717) is 30.2 Å². The number of anilines is 1. The van der Waals surface area contributed by atoms with Gasteiger partial charge in [-0.25, -0.2) is 9.69 Å². The SMILES string of the molecule is COc1ccc2c(c1)CCC21C(=O)N(c2ccc(C#N)c(C(F)(F)F)c2)C(=O)N1C. The number of hydrogen-bond acceptors (Lipinski definition) is 4. The Balaban J connectivity index is 1.83. The van der Waals surface area contributed by atoms with E-state index in [1.54, 1.807) is 18.2 Å². The van der Waals surface area contributed by atoms with Crippen molar-refractivity contribution < 1.29 is 27.5 Å². The van der Waals surface area contributed by atoms with Crippen LogP contribution in [-0.4, -0.2) is 31.0 Å². The van der Waals surface area contributed by atoms with E-state index in [2.05, 4.69) is 0 Å². The molecule has 0 radical (unpaired) electrons. The summed E-state index contributed by atoms with van der Waals surface area (Å²) in [5.74, 6) is 0.000687. The number of benzene rings is 2. The zero-order valence-electron chi connectivity index (χ0n) is 16.1. The summed E-state index contributed by atoms with van der Waals surface area (Å²) >= 11 is 0. The standard InChI is InChI=1S/C21H16F3N3O3/c1-26-19(29)27(14-4-3-13(11-25)17(10-14)21(22,23)24)18(28)20(26)8-7-12-9-15(30-2)5-6-16(12)20/h3-6,9-10H,7-8H2,1-2H3. The number of carbonyl (C=O) groups excluding carboxylic acids is 2. The summed E-state index contributed by atoms with van der Waals surface area (Å²) in [6, 6.07) is 8.79. The molecule has 1 saturated heterocycles. The summed E-state index contributed by atoms with van der Waals surface area (Å²) in [5, 5.41) is 8.99. The molecule has 6 nitrogen and oxygen atoms in total. The van der Waals surface area contributed by atoms with Crippen molar-refractivity contribution in [2.45, 2.75) is 24.6 Å². The number of hydrogen-bond donors (Lipinski definition) is 0. The first-order valence-corrected chi connectivity index (χ1v) is 9.06. The lowest BCUT2D eigenvalue weighted by Gasteiger charge is -2.29. The van der Waals surface area contributed by atoms with E-state index >= 15 is 0 Å². The molecule has 2 aliphatic rings. The average Bonchev–Trinajstić information content (AvgIpc) is 3.19. The second-order valence-electron chi connectivity index (χ2n) is 7.20. The van der Waals surface area contributed by atoms with Crippen molar-refractivity contribution in [2.24, 2.45) is 0 Å². The Kier molecular flexibility index (Phi) is 4.27. The third kappa shape index (κ3) is 2.56. The van der Waals surface area contributed by atoms with Crippen LogP contribution in [0.5, 0.6) is 5.75 Å². The third-order valence-corrected chi connectivity index (χ3v) is 5.81. The number of urea groups is 1. The minimum Gasteiger partial charge on any atom is -0.497 e. The number of alkyl halides is 3. The first-order valence-electron chi connectivity index (χ1n) is 9.06. The summed E-state index contributed by atoms with van der Waals surface area (Å²) in [6.45, 7) is 0. The normalized spacial score (nSPS) is 20.7. The number of carbonyl (C=O) groups is 2. The Morgan fingerprint density at radius 2 is 1.90 bits per heavy atom. The lowest BCUT2D eigenvalue weighted by Crippen LogP contribution is -2.43. The molecule has 9 heteroatoms. The molecule has 1 aliphatic carbocycles. The van der Waals surface area contributed by atoms with Gasteiger partial charge in [0.2, 0.25) is 0 Å². The van der Waals surface area contributed by atoms with Gasteiger partial charge in [0.05, 0.1) is 30.0 Å². The van der Waals surface area contributed by atoms with Crippen LogP contribution in [0.25, 0.3) is 0 Å². The molecule has 0 N–H and O–H groups in total. The van der Waals surface area contributed by atoms with Gasteiger partial charge in [-0.15, -0.1) is 0 Å². The van der Waals surface area contributed by atoms with Crippen molar-refractivity contribution >= 4 is 17.6 Å². The summed E-state index contributed by atoms with van der Waals surface area (Å²) in [4.78, 5) is 28.5. The van der Waals surface area contributed by atoms with Gasteiger partial charge in [0.25, 0.3) is 5.91 Å². The van der Waals surface area contributed by atoms with Gasteiger partial charge in [-0.1, -0.05) is 6.07 Å². The van der Waals surface area contributed by atoms with Gasteiger partial charge in [0.1, 0.15) is 11.3 Å². The van der Waals surface area contributed by atoms with E-state index in [0.717, 1.165) is 16.5 Å². The molecule has 0 bridgehead atoms. The van der Waals surface area contributed by atoms with Crippen LogP contribution < -0.4 is 9.64 Å². The number of nitrogens with zero attached hydrogens (tertiary/aromatic N) is 3. The summed E-state index contributed by atoms with van der Waals surface area (Å²) < 4.78 is 45.3. The molecule has 0 aromatic heterocycles. The molecular formula is C21H16F3N3O3. The van der Waals surface area contributed by atoms with Crippen molar-refractivity contribution in [3.05, 3.63) is 58.7 Å². The largest absolute Gasteiger partial charge is 0.497 e. The van der Waals surface area contributed by atoms with Crippen LogP contribution in [0.4, 0.5) is 23.7 Å². The van der Waals surface area contributed by atoms with Crippen LogP contribution in [0.2, 0.25) is 0 Å². The fraction of sp³-hybridized carbons (Fsp3) is 0.286. The van der Waals surface area contributed by atoms with Crippen LogP contribution >= 0.6 is 0 Å². The molecule has 1 unspecified atom stereocenters. The summed E-state index contributed by atoms with van der Waals surface area (Å²) in [6.07, 6.45) is -3.96. The molecule has 1 spiro atoms. The zero-order valence-corrected chi connectivity index (χ0v) is 16.1. The number of halogens is 3. The number of ether oxygens (including phenoxy) is 1. The second-order valence-corrected chi connectivity index (χ2v) is 7.20. The Morgan fingerprint density at radius 1 is 1.17 bits per heavy atom. The minimum absolute atomic E-state index is 0.220. The molecule has 154 valence electrons. The van der Waals surface area contributed by atoms with Crippen LogP contribution in [-0.2, 0) is 22.9 Å². The maximum absolute atomic E-state index is 13.5. The predicted molar refractivity (Wildman–Crippen MR) is 99.8 cm³/mol. The highest BCUT2D eigenvalue weighted by atomic mass is 19.4. The fourth-order valence-electron chi connectivity index (χ4n) is 4.29. The van der Waals surface area contributed by atoms with Crippen LogP contribution in [0, 0.1) is 11.3 Å². The Bertz CT molecular complexity index is 1120. The molecular weight excluding hydrogens is 399 g/mol. The van der Waals surface area contributed by atoms with Crippen molar-refractivity contribution in [2.75, 3.05) is 19.1 Å². The number of methoxy groups -OCH3 is 1. The van der Waals surface area contributed by atoms with Crippen molar-refractivity contribution in [1.29, 1.82) is 5.26 Å². The van der Waals surface area contributed by atoms with Gasteiger partial charge < -0.3 is 9.64 Å². The number of rotatable bonds is 2. The topological polar surface area (TPSA) is 73.6 Å². The van der Waals surface area contributed by atoms with E-state index < -0.39 is 34.8 Å². The molecule has 0 saturated carbocycles. The average molecular weight is 415 g/mol. The van der Waals surface area contributed by atoms with Crippen LogP contribution in [0.3, 0.4) is 0 Å². The van der Waals surface area contributed by atoms with Crippen LogP contribution in [0.1, 0.15) is 28.7 Å². The third-order valence-electron chi connectivity index (χ3n) is 5.81. The molecule has 30 heavy (non-hydrogen) atoms.